The molecule has 0 fully saturated rings. The van der Waals surface area contributed by atoms with Crippen molar-refractivity contribution in [2.75, 3.05) is 0 Å². The van der Waals surface area contributed by atoms with E-state index in [4.69, 9.17) is 12.2 Å². The quantitative estimate of drug-likeness (QED) is 0.480. The Morgan fingerprint density at radius 2 is 2.62 bits per heavy atom. The number of aromatic nitrogens is 2. The average Bonchev–Trinajstić information content (AvgIpc) is 1.77. The van der Waals surface area contributed by atoms with Gasteiger partial charge >= 0.3 is 0 Å². The van der Waals surface area contributed by atoms with Crippen molar-refractivity contribution in [2.45, 2.75) is 0 Å². The fourth-order valence-corrected chi connectivity index (χ4v) is 0.485. The molecule has 0 N–H and O–H groups in total. The maximum Gasteiger partial charge on any atom is 0.124 e. The van der Waals surface area contributed by atoms with Gasteiger partial charge in [0.25, 0.3) is 0 Å². The van der Waals surface area contributed by atoms with Crippen LogP contribution in [0.4, 0.5) is 0 Å². The second-order valence-corrected chi connectivity index (χ2v) is 1.85. The van der Waals surface area contributed by atoms with Gasteiger partial charge in [-0.05, 0) is 0 Å². The van der Waals surface area contributed by atoms with Crippen molar-refractivity contribution < 1.29 is 0 Å². The largest absolute Gasteiger partial charge is 0.331 e. The Morgan fingerprint density at radius 1 is 1.88 bits per heavy atom. The van der Waals surface area contributed by atoms with E-state index in [0.717, 1.165) is 0 Å². The van der Waals surface area contributed by atoms with Gasteiger partial charge in [0.05, 0.1) is 18.6 Å². The van der Waals surface area contributed by atoms with Crippen molar-refractivity contribution in [3.63, 3.8) is 0 Å². The standard InChI is InChI=1S/C5H5N2S/c1-7-3-2-6-4-5(7)8/h2,4H,1H3. The van der Waals surface area contributed by atoms with Crippen LogP contribution in [0.3, 0.4) is 0 Å². The molecule has 0 spiro atoms. The lowest BCUT2D eigenvalue weighted by Gasteiger charge is -1.90. The van der Waals surface area contributed by atoms with Gasteiger partial charge in [-0.25, -0.2) is 0 Å². The molecule has 0 unspecified atom stereocenters. The molecule has 1 rings (SSSR count). The van der Waals surface area contributed by atoms with Crippen molar-refractivity contribution in [3.05, 3.63) is 23.2 Å². The fraction of sp³-hybridized carbons (Fsp3) is 0.200. The molecule has 8 heavy (non-hydrogen) atoms. The lowest BCUT2D eigenvalue weighted by molar-refractivity contribution is 0.859. The summed E-state index contributed by atoms with van der Waals surface area (Å²) in [5.74, 6) is 0. The molecule has 1 heterocycles. The Kier molecular flexibility index (Phi) is 1.39. The van der Waals surface area contributed by atoms with Gasteiger partial charge in [-0.1, -0.05) is 12.2 Å². The predicted molar refractivity (Wildman–Crippen MR) is 32.9 cm³/mol. The van der Waals surface area contributed by atoms with Gasteiger partial charge in [0.2, 0.25) is 0 Å². The highest BCUT2D eigenvalue weighted by Crippen LogP contribution is 1.81. The first-order valence-corrected chi connectivity index (χ1v) is 2.60. The zero-order chi connectivity index (χ0) is 5.98. The molecule has 0 aliphatic rings. The van der Waals surface area contributed by atoms with Gasteiger partial charge in [-0.2, -0.15) is 0 Å². The Labute approximate surface area is 52.8 Å². The van der Waals surface area contributed by atoms with Crippen LogP contribution in [0.25, 0.3) is 0 Å². The molecule has 0 aliphatic heterocycles. The summed E-state index contributed by atoms with van der Waals surface area (Å²) < 4.78 is 2.41. The highest BCUT2D eigenvalue weighted by atomic mass is 32.1. The summed E-state index contributed by atoms with van der Waals surface area (Å²) in [5.41, 5.74) is 0. The van der Waals surface area contributed by atoms with Gasteiger partial charge in [0.15, 0.2) is 0 Å². The molecule has 0 amide bonds. The predicted octanol–water partition coefficient (Wildman–Crippen LogP) is 0.950. The SMILES string of the molecule is Cn1[c]cncc1=S. The first-order valence-electron chi connectivity index (χ1n) is 2.19. The Morgan fingerprint density at radius 3 is 3.00 bits per heavy atom. The second kappa shape index (κ2) is 2.05. The van der Waals surface area contributed by atoms with E-state index in [1.807, 2.05) is 7.05 Å². The van der Waals surface area contributed by atoms with Crippen LogP contribution in [0.1, 0.15) is 0 Å². The van der Waals surface area contributed by atoms with Crippen LogP contribution in [-0.2, 0) is 7.05 Å². The minimum Gasteiger partial charge on any atom is -0.331 e. The molecule has 0 saturated heterocycles. The van der Waals surface area contributed by atoms with Crippen molar-refractivity contribution in [1.82, 2.24) is 9.55 Å². The highest BCUT2D eigenvalue weighted by Gasteiger charge is 1.77. The van der Waals surface area contributed by atoms with E-state index in [-0.39, 0.29) is 0 Å². The zero-order valence-electron chi connectivity index (χ0n) is 4.46. The topological polar surface area (TPSA) is 17.8 Å². The van der Waals surface area contributed by atoms with Crippen LogP contribution in [0, 0.1) is 10.8 Å². The summed E-state index contributed by atoms with van der Waals surface area (Å²) in [5, 5.41) is 0. The summed E-state index contributed by atoms with van der Waals surface area (Å²) in [4.78, 5) is 3.76. The van der Waals surface area contributed by atoms with E-state index in [1.165, 1.54) is 0 Å². The van der Waals surface area contributed by atoms with Crippen LogP contribution < -0.4 is 0 Å². The van der Waals surface area contributed by atoms with E-state index in [9.17, 15) is 0 Å². The number of hydrogen-bond acceptors (Lipinski definition) is 2. The van der Waals surface area contributed by atoms with E-state index < -0.39 is 0 Å². The summed E-state index contributed by atoms with van der Waals surface area (Å²) in [7, 11) is 1.84. The molecule has 41 valence electrons. The Hall–Kier alpha value is -0.700. The second-order valence-electron chi connectivity index (χ2n) is 1.43. The molecule has 1 radical (unpaired) electrons. The third-order valence-corrected chi connectivity index (χ3v) is 1.22. The van der Waals surface area contributed by atoms with Crippen LogP contribution in [0.15, 0.2) is 12.4 Å². The minimum absolute atomic E-state index is 0.701. The molecule has 0 saturated carbocycles. The van der Waals surface area contributed by atoms with Gasteiger partial charge in [0.1, 0.15) is 4.64 Å². The van der Waals surface area contributed by atoms with E-state index in [0.29, 0.717) is 4.64 Å². The van der Waals surface area contributed by atoms with E-state index in [2.05, 4.69) is 11.2 Å². The lowest BCUT2D eigenvalue weighted by atomic mass is 10.7. The number of rotatable bonds is 0. The monoisotopic (exact) mass is 125 g/mol. The lowest BCUT2D eigenvalue weighted by Crippen LogP contribution is -1.90. The number of nitrogens with zero attached hydrogens (tertiary/aromatic N) is 2. The zero-order valence-corrected chi connectivity index (χ0v) is 5.27. The molecule has 0 bridgehead atoms. The first kappa shape index (κ1) is 5.44. The first-order chi connectivity index (χ1) is 3.80. The Bertz CT molecular complexity index is 228. The normalized spacial score (nSPS) is 9.12. The van der Waals surface area contributed by atoms with Gasteiger partial charge < -0.3 is 4.57 Å². The summed E-state index contributed by atoms with van der Waals surface area (Å²) >= 11 is 4.82. The van der Waals surface area contributed by atoms with Crippen molar-refractivity contribution in [2.24, 2.45) is 7.05 Å². The molecule has 1 aromatic rings. The summed E-state index contributed by atoms with van der Waals surface area (Å²) in [6, 6.07) is 0. The number of hydrogen-bond donors (Lipinski definition) is 0. The molecule has 0 atom stereocenters. The molecule has 1 aromatic heterocycles. The van der Waals surface area contributed by atoms with Crippen molar-refractivity contribution >= 4 is 12.2 Å². The minimum atomic E-state index is 0.701. The maximum atomic E-state index is 4.82. The van der Waals surface area contributed by atoms with Crippen LogP contribution in [0.2, 0.25) is 0 Å². The molecular weight excluding hydrogens is 120 g/mol. The smallest absolute Gasteiger partial charge is 0.124 e. The molecule has 3 heteroatoms. The van der Waals surface area contributed by atoms with Gasteiger partial charge in [-0.15, -0.1) is 0 Å². The van der Waals surface area contributed by atoms with Gasteiger partial charge in [-0.3, -0.25) is 4.98 Å². The van der Waals surface area contributed by atoms with Crippen LogP contribution in [0.5, 0.6) is 0 Å². The van der Waals surface area contributed by atoms with E-state index in [1.54, 1.807) is 17.0 Å². The van der Waals surface area contributed by atoms with E-state index >= 15 is 0 Å². The van der Waals surface area contributed by atoms with Crippen molar-refractivity contribution in [3.8, 4) is 0 Å². The number of aryl methyl sites for hydroxylation is 1. The molecule has 0 aromatic carbocycles. The molecule has 2 nitrogen and oxygen atoms in total. The average molecular weight is 125 g/mol. The molecular formula is C5H5N2S. The van der Waals surface area contributed by atoms with Gasteiger partial charge in [0, 0.05) is 7.05 Å². The van der Waals surface area contributed by atoms with Crippen LogP contribution in [-0.4, -0.2) is 9.55 Å². The van der Waals surface area contributed by atoms with Crippen molar-refractivity contribution in [1.29, 1.82) is 0 Å². The maximum absolute atomic E-state index is 4.82. The Balaban J connectivity index is 3.35. The third-order valence-electron chi connectivity index (χ3n) is 0.841. The van der Waals surface area contributed by atoms with Crippen LogP contribution >= 0.6 is 12.2 Å². The fourth-order valence-electron chi connectivity index (χ4n) is 0.371. The third kappa shape index (κ3) is 0.924. The summed E-state index contributed by atoms with van der Waals surface area (Å²) in [6.07, 6.45) is 6.00. The highest BCUT2D eigenvalue weighted by molar-refractivity contribution is 7.71. The molecule has 0 aliphatic carbocycles. The summed E-state index contributed by atoms with van der Waals surface area (Å²) in [6.45, 7) is 0.